The molecule has 234 valence electrons. The van der Waals surface area contributed by atoms with E-state index in [1.807, 2.05) is 31.2 Å². The first-order valence-electron chi connectivity index (χ1n) is 14.3. The highest BCUT2D eigenvalue weighted by molar-refractivity contribution is 7.17. The fraction of sp³-hybridized carbons (Fsp3) is 0.323. The van der Waals surface area contributed by atoms with Crippen LogP contribution in [-0.4, -0.2) is 68.6 Å². The maximum atomic E-state index is 13.1. The van der Waals surface area contributed by atoms with Gasteiger partial charge in [-0.05, 0) is 42.2 Å². The molecule has 0 bridgehead atoms. The van der Waals surface area contributed by atoms with Crippen LogP contribution in [-0.2, 0) is 14.9 Å². The second kappa shape index (κ2) is 13.9. The van der Waals surface area contributed by atoms with Crippen LogP contribution in [0.3, 0.4) is 0 Å². The molecule has 1 aromatic carbocycles. The highest BCUT2D eigenvalue weighted by Gasteiger charge is 2.21. The van der Waals surface area contributed by atoms with Gasteiger partial charge in [-0.2, -0.15) is 5.10 Å². The predicted molar refractivity (Wildman–Crippen MR) is 170 cm³/mol. The third-order valence-corrected chi connectivity index (χ3v) is 7.72. The van der Waals surface area contributed by atoms with Crippen LogP contribution in [0.25, 0.3) is 28.1 Å². The number of nitro groups is 1. The molecular weight excluding hydrogens is 598 g/mol. The summed E-state index contributed by atoms with van der Waals surface area (Å²) in [6.07, 6.45) is 3.16. The van der Waals surface area contributed by atoms with Crippen molar-refractivity contribution in [3.63, 3.8) is 0 Å². The number of carbonyl (C=O) groups excluding carboxylic acids is 1. The van der Waals surface area contributed by atoms with Gasteiger partial charge in [0, 0.05) is 30.5 Å². The van der Waals surface area contributed by atoms with E-state index in [1.54, 1.807) is 29.2 Å². The molecular formula is C31H33N7O6S. The maximum absolute atomic E-state index is 13.1. The van der Waals surface area contributed by atoms with Crippen molar-refractivity contribution in [2.45, 2.75) is 33.1 Å². The second-order valence-corrected chi connectivity index (χ2v) is 11.9. The van der Waals surface area contributed by atoms with Crippen molar-refractivity contribution < 1.29 is 23.9 Å². The SMILES string of the molecule is CCOCCOCCOc1ccc(-c2nc(NC(=O)c3ccc([N+](=O)[O-])s3)c3cnn(-c4ccc(C(C)(C)C)cc4)c3n2)cn1. The highest BCUT2D eigenvalue weighted by Crippen LogP contribution is 2.30. The van der Waals surface area contributed by atoms with Gasteiger partial charge in [0.25, 0.3) is 5.91 Å². The summed E-state index contributed by atoms with van der Waals surface area (Å²) in [6, 6.07) is 14.2. The molecule has 0 aliphatic carbocycles. The van der Waals surface area contributed by atoms with Crippen LogP contribution in [0.4, 0.5) is 10.8 Å². The summed E-state index contributed by atoms with van der Waals surface area (Å²) in [4.78, 5) is 37.8. The van der Waals surface area contributed by atoms with E-state index < -0.39 is 10.8 Å². The molecule has 5 aromatic rings. The largest absolute Gasteiger partial charge is 0.475 e. The number of benzene rings is 1. The van der Waals surface area contributed by atoms with Crippen LogP contribution in [0.1, 0.15) is 42.9 Å². The van der Waals surface area contributed by atoms with E-state index in [0.717, 1.165) is 17.0 Å². The number of nitrogens with one attached hydrogen (secondary N) is 1. The quantitative estimate of drug-likeness (QED) is 0.0953. The number of amides is 1. The number of pyridine rings is 1. The summed E-state index contributed by atoms with van der Waals surface area (Å²) >= 11 is 0.780. The Morgan fingerprint density at radius 2 is 1.73 bits per heavy atom. The lowest BCUT2D eigenvalue weighted by molar-refractivity contribution is -0.380. The number of nitrogens with zero attached hydrogens (tertiary/aromatic N) is 6. The third-order valence-electron chi connectivity index (χ3n) is 6.68. The average molecular weight is 632 g/mol. The normalized spacial score (nSPS) is 11.6. The van der Waals surface area contributed by atoms with Crippen molar-refractivity contribution in [1.29, 1.82) is 0 Å². The van der Waals surface area contributed by atoms with Crippen molar-refractivity contribution in [1.82, 2.24) is 24.7 Å². The van der Waals surface area contributed by atoms with E-state index in [2.05, 4.69) is 41.2 Å². The summed E-state index contributed by atoms with van der Waals surface area (Å²) < 4.78 is 18.1. The third kappa shape index (κ3) is 7.66. The zero-order valence-electron chi connectivity index (χ0n) is 25.4. The van der Waals surface area contributed by atoms with Gasteiger partial charge in [0.1, 0.15) is 12.4 Å². The monoisotopic (exact) mass is 631 g/mol. The van der Waals surface area contributed by atoms with Crippen molar-refractivity contribution in [2.75, 3.05) is 38.4 Å². The van der Waals surface area contributed by atoms with E-state index in [1.165, 1.54) is 17.7 Å². The van der Waals surface area contributed by atoms with Gasteiger partial charge in [0.15, 0.2) is 11.5 Å². The fourth-order valence-corrected chi connectivity index (χ4v) is 5.02. The average Bonchev–Trinajstić information content (AvgIpc) is 3.69. The number of rotatable bonds is 13. The van der Waals surface area contributed by atoms with Crippen LogP contribution in [0.2, 0.25) is 0 Å². The molecule has 0 aliphatic heterocycles. The van der Waals surface area contributed by atoms with Gasteiger partial charge in [-0.25, -0.2) is 19.6 Å². The zero-order valence-corrected chi connectivity index (χ0v) is 26.2. The number of carbonyl (C=O) groups is 1. The molecule has 0 aliphatic rings. The molecule has 0 saturated heterocycles. The molecule has 0 saturated carbocycles. The molecule has 1 amide bonds. The first-order chi connectivity index (χ1) is 21.6. The molecule has 4 heterocycles. The van der Waals surface area contributed by atoms with Gasteiger partial charge in [0.05, 0.1) is 46.9 Å². The maximum Gasteiger partial charge on any atom is 0.324 e. The van der Waals surface area contributed by atoms with Crippen LogP contribution >= 0.6 is 11.3 Å². The smallest absolute Gasteiger partial charge is 0.324 e. The summed E-state index contributed by atoms with van der Waals surface area (Å²) in [5, 5.41) is 18.9. The van der Waals surface area contributed by atoms with Gasteiger partial charge in [-0.3, -0.25) is 14.9 Å². The number of thiophene rings is 1. The molecule has 0 unspecified atom stereocenters. The van der Waals surface area contributed by atoms with E-state index in [-0.39, 0.29) is 21.1 Å². The lowest BCUT2D eigenvalue weighted by atomic mass is 9.87. The van der Waals surface area contributed by atoms with Crippen LogP contribution in [0.5, 0.6) is 5.88 Å². The minimum absolute atomic E-state index is 0.0200. The molecule has 0 spiro atoms. The molecule has 0 atom stereocenters. The van der Waals surface area contributed by atoms with E-state index in [0.29, 0.717) is 61.3 Å². The Bertz CT molecular complexity index is 1780. The second-order valence-electron chi connectivity index (χ2n) is 10.9. The van der Waals surface area contributed by atoms with E-state index in [4.69, 9.17) is 19.2 Å². The molecule has 1 N–H and O–H groups in total. The van der Waals surface area contributed by atoms with Gasteiger partial charge in [-0.1, -0.05) is 44.2 Å². The number of anilines is 1. The zero-order chi connectivity index (χ0) is 32.0. The molecule has 45 heavy (non-hydrogen) atoms. The molecule has 5 rings (SSSR count). The number of fused-ring (bicyclic) bond motifs is 1. The molecule has 0 radical (unpaired) electrons. The Labute approximate surface area is 263 Å². The summed E-state index contributed by atoms with van der Waals surface area (Å²) in [7, 11) is 0. The van der Waals surface area contributed by atoms with Crippen molar-refractivity contribution in [2.24, 2.45) is 0 Å². The van der Waals surface area contributed by atoms with Gasteiger partial charge < -0.3 is 19.5 Å². The minimum atomic E-state index is -0.535. The summed E-state index contributed by atoms with van der Waals surface area (Å²) in [5.41, 5.74) is 2.96. The van der Waals surface area contributed by atoms with Gasteiger partial charge in [0.2, 0.25) is 5.88 Å². The lowest BCUT2D eigenvalue weighted by Gasteiger charge is -2.19. The molecule has 4 aromatic heterocycles. The van der Waals surface area contributed by atoms with Gasteiger partial charge >= 0.3 is 5.00 Å². The summed E-state index contributed by atoms with van der Waals surface area (Å²) in [6.45, 7) is 10.7. The standard InChI is InChI=1S/C31H33N7O6S/c1-5-42-14-15-43-16-17-44-25-12-6-20(18-32-25)27-34-28(36-30(39)24-11-13-26(45-24)38(40)41)23-19-33-37(29(23)35-27)22-9-7-21(8-10-22)31(2,3)4/h6-13,18-19H,5,14-17H2,1-4H3,(H,34,35,36,39). The van der Waals surface area contributed by atoms with Crippen LogP contribution < -0.4 is 10.1 Å². The van der Waals surface area contributed by atoms with Gasteiger partial charge in [-0.15, -0.1) is 0 Å². The van der Waals surface area contributed by atoms with Crippen molar-refractivity contribution in [3.8, 4) is 23.0 Å². The molecule has 14 heteroatoms. The Balaban J connectivity index is 1.44. The van der Waals surface area contributed by atoms with Crippen molar-refractivity contribution in [3.05, 3.63) is 81.5 Å². The minimum Gasteiger partial charge on any atom is -0.475 e. The highest BCUT2D eigenvalue weighted by atomic mass is 32.1. The Hall–Kier alpha value is -4.79. The Kier molecular flexibility index (Phi) is 9.76. The van der Waals surface area contributed by atoms with E-state index >= 15 is 0 Å². The Morgan fingerprint density at radius 3 is 2.40 bits per heavy atom. The predicted octanol–water partition coefficient (Wildman–Crippen LogP) is 5.83. The molecule has 0 fully saturated rings. The van der Waals surface area contributed by atoms with Crippen LogP contribution in [0.15, 0.2) is 60.9 Å². The first-order valence-corrected chi connectivity index (χ1v) is 15.1. The lowest BCUT2D eigenvalue weighted by Crippen LogP contribution is -2.13. The first kappa shape index (κ1) is 31.6. The number of hydrogen-bond acceptors (Lipinski definition) is 11. The topological polar surface area (TPSA) is 156 Å². The number of hydrogen-bond donors (Lipinski definition) is 1. The fourth-order valence-electron chi connectivity index (χ4n) is 4.31. The summed E-state index contributed by atoms with van der Waals surface area (Å²) in [5.74, 6) is 0.371. The number of aromatic nitrogens is 5. The van der Waals surface area contributed by atoms with E-state index in [9.17, 15) is 14.9 Å². The number of ether oxygens (including phenoxy) is 3. The Morgan fingerprint density at radius 1 is 0.978 bits per heavy atom. The van der Waals surface area contributed by atoms with Crippen molar-refractivity contribution >= 4 is 39.1 Å². The molecule has 13 nitrogen and oxygen atoms in total. The van der Waals surface area contributed by atoms with Crippen LogP contribution in [0, 0.1) is 10.1 Å².